The highest BCUT2D eigenvalue weighted by Gasteiger charge is 2.17. The molecule has 0 saturated heterocycles. The Morgan fingerprint density at radius 2 is 2.17 bits per heavy atom. The van der Waals surface area contributed by atoms with Gasteiger partial charge in [0.1, 0.15) is 16.8 Å². The van der Waals surface area contributed by atoms with E-state index in [0.29, 0.717) is 10.6 Å². The van der Waals surface area contributed by atoms with Gasteiger partial charge in [-0.15, -0.1) is 11.3 Å². The summed E-state index contributed by atoms with van der Waals surface area (Å²) in [4.78, 5) is 1.41. The van der Waals surface area contributed by atoms with Crippen LogP contribution in [0.15, 0.2) is 18.2 Å². The molecule has 0 aliphatic heterocycles. The van der Waals surface area contributed by atoms with Gasteiger partial charge in [0.15, 0.2) is 0 Å². The summed E-state index contributed by atoms with van der Waals surface area (Å²) in [6, 6.07) is 6.77. The van der Waals surface area contributed by atoms with E-state index in [1.807, 2.05) is 13.8 Å². The normalized spacial score (nSPS) is 10.3. The van der Waals surface area contributed by atoms with Crippen molar-refractivity contribution < 1.29 is 4.39 Å². The van der Waals surface area contributed by atoms with Crippen LogP contribution in [-0.2, 0) is 6.42 Å². The molecule has 1 aromatic heterocycles. The summed E-state index contributed by atoms with van der Waals surface area (Å²) in [6.07, 6.45) is 0.731. The monoisotopic (exact) mass is 260 g/mol. The van der Waals surface area contributed by atoms with Crippen LogP contribution >= 0.6 is 11.3 Å². The lowest BCUT2D eigenvalue weighted by Crippen LogP contribution is -1.92. The highest BCUT2D eigenvalue weighted by Crippen LogP contribution is 2.40. The van der Waals surface area contributed by atoms with Crippen LogP contribution in [0, 0.1) is 24.1 Å². The molecule has 0 atom stereocenters. The number of halogens is 1. The first kappa shape index (κ1) is 12.6. The Bertz CT molecular complexity index is 638. The summed E-state index contributed by atoms with van der Waals surface area (Å²) >= 11 is 1.33. The van der Waals surface area contributed by atoms with Crippen LogP contribution in [0.2, 0.25) is 0 Å². The third kappa shape index (κ3) is 1.98. The number of hydrogen-bond acceptors (Lipinski definition) is 3. The van der Waals surface area contributed by atoms with Crippen molar-refractivity contribution in [1.29, 1.82) is 5.26 Å². The number of nitrogens with two attached hydrogens (primary N) is 1. The van der Waals surface area contributed by atoms with E-state index in [9.17, 15) is 4.39 Å². The molecule has 0 saturated carbocycles. The van der Waals surface area contributed by atoms with Gasteiger partial charge in [0.05, 0.1) is 5.69 Å². The molecule has 4 heteroatoms. The summed E-state index contributed by atoms with van der Waals surface area (Å²) in [5.41, 5.74) is 9.22. The molecule has 2 rings (SSSR count). The Morgan fingerprint density at radius 3 is 2.78 bits per heavy atom. The van der Waals surface area contributed by atoms with Gasteiger partial charge in [0.25, 0.3) is 0 Å². The zero-order valence-electron chi connectivity index (χ0n) is 10.2. The number of anilines is 1. The Morgan fingerprint density at radius 1 is 1.44 bits per heavy atom. The smallest absolute Gasteiger partial charge is 0.128 e. The summed E-state index contributed by atoms with van der Waals surface area (Å²) in [5.74, 6) is -0.275. The summed E-state index contributed by atoms with van der Waals surface area (Å²) in [6.45, 7) is 3.91. The number of hydrogen-bond donors (Lipinski definition) is 1. The maximum atomic E-state index is 13.4. The van der Waals surface area contributed by atoms with Gasteiger partial charge in [-0.25, -0.2) is 4.39 Å². The van der Waals surface area contributed by atoms with Gasteiger partial charge in [-0.3, -0.25) is 0 Å². The SMILES string of the molecule is CCc1c(-c2cc(F)ccc2C)sc(C#N)c1N. The van der Waals surface area contributed by atoms with E-state index in [0.717, 1.165) is 28.0 Å². The van der Waals surface area contributed by atoms with Crippen molar-refractivity contribution in [2.75, 3.05) is 5.73 Å². The molecule has 0 radical (unpaired) electrons. The number of nitrogens with zero attached hydrogens (tertiary/aromatic N) is 1. The number of nitriles is 1. The molecule has 18 heavy (non-hydrogen) atoms. The van der Waals surface area contributed by atoms with Crippen LogP contribution in [0.4, 0.5) is 10.1 Å². The first-order valence-corrected chi connectivity index (χ1v) is 6.47. The van der Waals surface area contributed by atoms with E-state index >= 15 is 0 Å². The number of nitrogen functional groups attached to an aromatic ring is 1. The lowest BCUT2D eigenvalue weighted by atomic mass is 10.0. The minimum absolute atomic E-state index is 0.275. The topological polar surface area (TPSA) is 49.8 Å². The molecule has 92 valence electrons. The molecular formula is C14H13FN2S. The van der Waals surface area contributed by atoms with Crippen LogP contribution in [0.25, 0.3) is 10.4 Å². The maximum absolute atomic E-state index is 13.4. The summed E-state index contributed by atoms with van der Waals surface area (Å²) in [5, 5.41) is 9.03. The zero-order valence-corrected chi connectivity index (χ0v) is 11.1. The van der Waals surface area contributed by atoms with Crippen molar-refractivity contribution in [3.63, 3.8) is 0 Å². The minimum atomic E-state index is -0.275. The Labute approximate surface area is 109 Å². The van der Waals surface area contributed by atoms with E-state index in [4.69, 9.17) is 11.0 Å². The molecule has 1 heterocycles. The first-order valence-electron chi connectivity index (χ1n) is 5.66. The van der Waals surface area contributed by atoms with Crippen molar-refractivity contribution in [3.05, 3.63) is 40.0 Å². The summed E-state index contributed by atoms with van der Waals surface area (Å²) in [7, 11) is 0. The van der Waals surface area contributed by atoms with E-state index in [1.165, 1.54) is 23.5 Å². The Hall–Kier alpha value is -1.86. The quantitative estimate of drug-likeness (QED) is 0.890. The van der Waals surface area contributed by atoms with Crippen LogP contribution in [0.1, 0.15) is 22.9 Å². The van der Waals surface area contributed by atoms with Crippen molar-refractivity contribution >= 4 is 17.0 Å². The van der Waals surface area contributed by atoms with Gasteiger partial charge in [-0.05, 0) is 42.2 Å². The lowest BCUT2D eigenvalue weighted by Gasteiger charge is -2.06. The maximum Gasteiger partial charge on any atom is 0.128 e. The van der Waals surface area contributed by atoms with Gasteiger partial charge in [0.2, 0.25) is 0 Å². The number of thiophene rings is 1. The fraction of sp³-hybridized carbons (Fsp3) is 0.214. The lowest BCUT2D eigenvalue weighted by molar-refractivity contribution is 0.628. The van der Waals surface area contributed by atoms with E-state index < -0.39 is 0 Å². The average Bonchev–Trinajstić information content (AvgIpc) is 2.68. The Balaban J connectivity index is 2.71. The number of benzene rings is 1. The van der Waals surface area contributed by atoms with Crippen molar-refractivity contribution in [2.24, 2.45) is 0 Å². The second-order valence-electron chi connectivity index (χ2n) is 4.08. The molecule has 2 nitrogen and oxygen atoms in total. The van der Waals surface area contributed by atoms with Crippen LogP contribution in [-0.4, -0.2) is 0 Å². The largest absolute Gasteiger partial charge is 0.397 e. The zero-order chi connectivity index (χ0) is 13.3. The molecule has 2 N–H and O–H groups in total. The molecular weight excluding hydrogens is 247 g/mol. The van der Waals surface area contributed by atoms with Crippen LogP contribution < -0.4 is 5.73 Å². The molecule has 0 amide bonds. The standard InChI is InChI=1S/C14H13FN2S/c1-3-10-13(17)12(7-16)18-14(10)11-6-9(15)5-4-8(11)2/h4-6H,3,17H2,1-2H3. The van der Waals surface area contributed by atoms with E-state index in [-0.39, 0.29) is 5.82 Å². The van der Waals surface area contributed by atoms with Gasteiger partial charge >= 0.3 is 0 Å². The first-order chi connectivity index (χ1) is 8.58. The second kappa shape index (κ2) is 4.79. The van der Waals surface area contributed by atoms with Crippen LogP contribution in [0.3, 0.4) is 0 Å². The van der Waals surface area contributed by atoms with Crippen LogP contribution in [0.5, 0.6) is 0 Å². The molecule has 0 aliphatic rings. The highest BCUT2D eigenvalue weighted by atomic mass is 32.1. The molecule has 2 aromatic rings. The van der Waals surface area contributed by atoms with Crippen molar-refractivity contribution in [3.8, 4) is 16.5 Å². The number of aryl methyl sites for hydroxylation is 1. The molecule has 0 spiro atoms. The number of rotatable bonds is 2. The van der Waals surface area contributed by atoms with Gasteiger partial charge in [0, 0.05) is 4.88 Å². The highest BCUT2D eigenvalue weighted by molar-refractivity contribution is 7.16. The molecule has 0 aliphatic carbocycles. The summed E-state index contributed by atoms with van der Waals surface area (Å²) < 4.78 is 13.4. The fourth-order valence-corrected chi connectivity index (χ4v) is 3.16. The van der Waals surface area contributed by atoms with Crippen molar-refractivity contribution in [2.45, 2.75) is 20.3 Å². The van der Waals surface area contributed by atoms with Gasteiger partial charge in [-0.2, -0.15) is 5.26 Å². The van der Waals surface area contributed by atoms with E-state index in [1.54, 1.807) is 6.07 Å². The molecule has 0 bridgehead atoms. The molecule has 1 aromatic carbocycles. The van der Waals surface area contributed by atoms with Gasteiger partial charge in [-0.1, -0.05) is 13.0 Å². The average molecular weight is 260 g/mol. The van der Waals surface area contributed by atoms with Crippen molar-refractivity contribution in [1.82, 2.24) is 0 Å². The van der Waals surface area contributed by atoms with Gasteiger partial charge < -0.3 is 5.73 Å². The third-order valence-electron chi connectivity index (χ3n) is 2.95. The predicted octanol–water partition coefficient (Wildman–Crippen LogP) is 3.88. The Kier molecular flexibility index (Phi) is 3.35. The minimum Gasteiger partial charge on any atom is -0.397 e. The van der Waals surface area contributed by atoms with E-state index in [2.05, 4.69) is 6.07 Å². The third-order valence-corrected chi connectivity index (χ3v) is 4.13. The fourth-order valence-electron chi connectivity index (χ4n) is 1.97. The molecule has 0 unspecified atom stereocenters. The second-order valence-corrected chi connectivity index (χ2v) is 5.10. The predicted molar refractivity (Wildman–Crippen MR) is 73.0 cm³/mol. The molecule has 0 fully saturated rings.